The van der Waals surface area contributed by atoms with Crippen molar-refractivity contribution in [1.29, 1.82) is 0 Å². The van der Waals surface area contributed by atoms with Crippen molar-refractivity contribution in [3.8, 4) is 5.75 Å². The van der Waals surface area contributed by atoms with E-state index in [-0.39, 0.29) is 18.2 Å². The van der Waals surface area contributed by atoms with Crippen LogP contribution in [-0.2, 0) is 13.2 Å². The Morgan fingerprint density at radius 1 is 1.06 bits per heavy atom. The van der Waals surface area contributed by atoms with E-state index in [0.29, 0.717) is 23.5 Å². The third kappa shape index (κ3) is 5.82. The molecule has 0 bridgehead atoms. The average Bonchev–Trinajstić information content (AvgIpc) is 3.26. The lowest BCUT2D eigenvalue weighted by molar-refractivity contribution is -0.384. The number of carbonyl (C=O) groups excluding carboxylic acids is 1. The Morgan fingerprint density at radius 3 is 2.55 bits per heavy atom. The number of rotatable bonds is 8. The molecule has 0 atom stereocenters. The molecule has 33 heavy (non-hydrogen) atoms. The zero-order valence-electron chi connectivity index (χ0n) is 18.0. The summed E-state index contributed by atoms with van der Waals surface area (Å²) >= 11 is 0. The minimum absolute atomic E-state index is 0.00297. The molecule has 0 radical (unpaired) electrons. The molecule has 0 aliphatic rings. The van der Waals surface area contributed by atoms with Gasteiger partial charge < -0.3 is 10.1 Å². The van der Waals surface area contributed by atoms with Crippen LogP contribution in [0.1, 0.15) is 27.0 Å². The first-order valence-electron chi connectivity index (χ1n) is 10.3. The highest BCUT2D eigenvalue weighted by atomic mass is 16.6. The standard InChI is InChI=1S/C25H22N4O4/c1-18-5-7-19(8-6-18)15-28-16-22(14-26-28)27-25(30)21-4-2-3-20(13-21)17-33-24-11-9-23(10-12-24)29(31)32/h2-14,16H,15,17H2,1H3,(H,27,30). The van der Waals surface area contributed by atoms with Crippen molar-refractivity contribution in [2.24, 2.45) is 0 Å². The molecule has 0 aliphatic heterocycles. The minimum Gasteiger partial charge on any atom is -0.489 e. The number of hydrogen-bond acceptors (Lipinski definition) is 5. The van der Waals surface area contributed by atoms with E-state index in [2.05, 4.69) is 34.7 Å². The van der Waals surface area contributed by atoms with E-state index in [1.807, 2.05) is 13.0 Å². The summed E-state index contributed by atoms with van der Waals surface area (Å²) < 4.78 is 7.45. The lowest BCUT2D eigenvalue weighted by atomic mass is 10.1. The Morgan fingerprint density at radius 2 is 1.82 bits per heavy atom. The molecule has 4 rings (SSSR count). The first kappa shape index (κ1) is 21.8. The third-order valence-corrected chi connectivity index (χ3v) is 5.00. The lowest BCUT2D eigenvalue weighted by Gasteiger charge is -2.08. The van der Waals surface area contributed by atoms with Crippen LogP contribution < -0.4 is 10.1 Å². The van der Waals surface area contributed by atoms with E-state index in [4.69, 9.17) is 4.74 Å². The fourth-order valence-corrected chi connectivity index (χ4v) is 3.23. The molecule has 0 unspecified atom stereocenters. The Bertz CT molecular complexity index is 1260. The Labute approximate surface area is 190 Å². The number of nitrogens with zero attached hydrogens (tertiary/aromatic N) is 3. The summed E-state index contributed by atoms with van der Waals surface area (Å²) in [5.41, 5.74) is 4.24. The van der Waals surface area contributed by atoms with Crippen LogP contribution >= 0.6 is 0 Å². The number of ether oxygens (including phenoxy) is 1. The molecule has 1 amide bonds. The van der Waals surface area contributed by atoms with Gasteiger partial charge in [-0.1, -0.05) is 42.0 Å². The van der Waals surface area contributed by atoms with E-state index in [0.717, 1.165) is 11.1 Å². The van der Waals surface area contributed by atoms with Crippen molar-refractivity contribution in [3.05, 3.63) is 118 Å². The van der Waals surface area contributed by atoms with Crippen LogP contribution in [0.2, 0.25) is 0 Å². The van der Waals surface area contributed by atoms with E-state index < -0.39 is 4.92 Å². The molecule has 0 aliphatic carbocycles. The summed E-state index contributed by atoms with van der Waals surface area (Å²) in [5, 5.41) is 17.9. The Balaban J connectivity index is 1.35. The predicted octanol–water partition coefficient (Wildman–Crippen LogP) is 4.98. The van der Waals surface area contributed by atoms with Crippen molar-refractivity contribution in [3.63, 3.8) is 0 Å². The maximum atomic E-state index is 12.7. The van der Waals surface area contributed by atoms with Gasteiger partial charge >= 0.3 is 0 Å². The van der Waals surface area contributed by atoms with Gasteiger partial charge in [0, 0.05) is 23.9 Å². The molecule has 4 aromatic rings. The zero-order chi connectivity index (χ0) is 23.2. The molecule has 1 heterocycles. The van der Waals surface area contributed by atoms with Gasteiger partial charge in [0.25, 0.3) is 11.6 Å². The number of nitro groups is 1. The van der Waals surface area contributed by atoms with Crippen molar-refractivity contribution in [1.82, 2.24) is 9.78 Å². The van der Waals surface area contributed by atoms with E-state index in [9.17, 15) is 14.9 Å². The minimum atomic E-state index is -0.460. The van der Waals surface area contributed by atoms with Gasteiger partial charge in [-0.15, -0.1) is 0 Å². The van der Waals surface area contributed by atoms with E-state index in [1.54, 1.807) is 47.4 Å². The molecule has 0 spiro atoms. The highest BCUT2D eigenvalue weighted by Crippen LogP contribution is 2.19. The number of anilines is 1. The smallest absolute Gasteiger partial charge is 0.269 e. The summed E-state index contributed by atoms with van der Waals surface area (Å²) in [5.74, 6) is 0.263. The molecule has 0 saturated carbocycles. The topological polar surface area (TPSA) is 99.3 Å². The van der Waals surface area contributed by atoms with Gasteiger partial charge in [-0.3, -0.25) is 19.6 Å². The number of hydrogen-bond donors (Lipinski definition) is 1. The van der Waals surface area contributed by atoms with Gasteiger partial charge in [0.1, 0.15) is 12.4 Å². The molecule has 166 valence electrons. The number of carbonyl (C=O) groups is 1. The molecule has 8 nitrogen and oxygen atoms in total. The molecule has 0 fully saturated rings. The fourth-order valence-electron chi connectivity index (χ4n) is 3.23. The largest absolute Gasteiger partial charge is 0.489 e. The number of non-ortho nitro benzene ring substituents is 1. The Kier molecular flexibility index (Phi) is 6.45. The van der Waals surface area contributed by atoms with Crippen LogP contribution in [0.25, 0.3) is 0 Å². The fraction of sp³-hybridized carbons (Fsp3) is 0.120. The number of amides is 1. The maximum absolute atomic E-state index is 12.7. The average molecular weight is 442 g/mol. The number of benzene rings is 3. The quantitative estimate of drug-likeness (QED) is 0.306. The predicted molar refractivity (Wildman–Crippen MR) is 124 cm³/mol. The van der Waals surface area contributed by atoms with Crippen molar-refractivity contribution < 1.29 is 14.5 Å². The lowest BCUT2D eigenvalue weighted by Crippen LogP contribution is -2.12. The van der Waals surface area contributed by atoms with Gasteiger partial charge in [-0.2, -0.15) is 5.10 Å². The second-order valence-electron chi connectivity index (χ2n) is 7.61. The van der Waals surface area contributed by atoms with Crippen LogP contribution in [0.3, 0.4) is 0 Å². The molecule has 8 heteroatoms. The van der Waals surface area contributed by atoms with Crippen LogP contribution in [0.5, 0.6) is 5.75 Å². The second kappa shape index (κ2) is 9.78. The van der Waals surface area contributed by atoms with Gasteiger partial charge in [0.05, 0.1) is 23.4 Å². The van der Waals surface area contributed by atoms with Gasteiger partial charge in [-0.05, 0) is 42.3 Å². The van der Waals surface area contributed by atoms with E-state index in [1.165, 1.54) is 17.7 Å². The number of nitro benzene ring substituents is 1. The maximum Gasteiger partial charge on any atom is 0.269 e. The summed E-state index contributed by atoms with van der Waals surface area (Å²) in [7, 11) is 0. The third-order valence-electron chi connectivity index (χ3n) is 5.00. The summed E-state index contributed by atoms with van der Waals surface area (Å²) in [6, 6.07) is 21.2. The summed E-state index contributed by atoms with van der Waals surface area (Å²) in [6.45, 7) is 2.89. The normalized spacial score (nSPS) is 10.6. The van der Waals surface area contributed by atoms with Crippen LogP contribution in [-0.4, -0.2) is 20.6 Å². The highest BCUT2D eigenvalue weighted by Gasteiger charge is 2.10. The van der Waals surface area contributed by atoms with Crippen molar-refractivity contribution in [2.75, 3.05) is 5.32 Å². The van der Waals surface area contributed by atoms with Crippen LogP contribution in [0.15, 0.2) is 85.2 Å². The first-order valence-corrected chi connectivity index (χ1v) is 10.3. The molecule has 1 N–H and O–H groups in total. The molecular weight excluding hydrogens is 420 g/mol. The van der Waals surface area contributed by atoms with Crippen molar-refractivity contribution >= 4 is 17.3 Å². The van der Waals surface area contributed by atoms with Gasteiger partial charge in [-0.25, -0.2) is 0 Å². The van der Waals surface area contributed by atoms with Gasteiger partial charge in [0.2, 0.25) is 0 Å². The highest BCUT2D eigenvalue weighted by molar-refractivity contribution is 6.04. The summed E-state index contributed by atoms with van der Waals surface area (Å²) in [4.78, 5) is 23.0. The van der Waals surface area contributed by atoms with E-state index >= 15 is 0 Å². The number of nitrogens with one attached hydrogen (secondary N) is 1. The van der Waals surface area contributed by atoms with Crippen molar-refractivity contribution in [2.45, 2.75) is 20.1 Å². The second-order valence-corrected chi connectivity index (χ2v) is 7.61. The molecule has 3 aromatic carbocycles. The molecule has 0 saturated heterocycles. The monoisotopic (exact) mass is 442 g/mol. The number of aryl methyl sites for hydroxylation is 1. The summed E-state index contributed by atoms with van der Waals surface area (Å²) in [6.07, 6.45) is 3.41. The Hall–Kier alpha value is -4.46. The molecular formula is C25H22N4O4. The first-order chi connectivity index (χ1) is 16.0. The SMILES string of the molecule is Cc1ccc(Cn2cc(NC(=O)c3cccc(COc4ccc([N+](=O)[O-])cc4)c3)cn2)cc1. The van der Waals surface area contributed by atoms with Crippen LogP contribution in [0.4, 0.5) is 11.4 Å². The van der Waals surface area contributed by atoms with Gasteiger partial charge in [0.15, 0.2) is 0 Å². The number of aromatic nitrogens is 2. The van der Waals surface area contributed by atoms with Crippen LogP contribution in [0, 0.1) is 17.0 Å². The molecule has 1 aromatic heterocycles. The zero-order valence-corrected chi connectivity index (χ0v) is 18.0.